The number of anilines is 1. The van der Waals surface area contributed by atoms with Crippen LogP contribution in [0.4, 0.5) is 36.7 Å². The van der Waals surface area contributed by atoms with Crippen LogP contribution in [0.25, 0.3) is 22.6 Å². The molecule has 0 radical (unpaired) electrons. The molecule has 1 aromatic carbocycles. The second-order valence-electron chi connectivity index (χ2n) is 7.03. The number of hydrogen-bond acceptors (Lipinski definition) is 4. The molecule has 1 N–H and O–H groups in total. The maximum atomic E-state index is 13.5. The molecule has 1 aliphatic rings. The molecule has 4 rings (SSSR count). The average molecular weight is 445 g/mol. The molecule has 1 saturated carbocycles. The smallest absolute Gasteiger partial charge is 0.351 e. The van der Waals surface area contributed by atoms with Gasteiger partial charge >= 0.3 is 12.4 Å². The second kappa shape index (κ2) is 7.50. The molecular weight excluding hydrogens is 431 g/mol. The first kappa shape index (κ1) is 21.1. The summed E-state index contributed by atoms with van der Waals surface area (Å²) < 4.78 is 94.1. The Morgan fingerprint density at radius 3 is 2.16 bits per heavy atom. The van der Waals surface area contributed by atoms with Crippen molar-refractivity contribution in [1.82, 2.24) is 19.5 Å². The van der Waals surface area contributed by atoms with Gasteiger partial charge in [0.05, 0.1) is 23.4 Å². The van der Waals surface area contributed by atoms with Gasteiger partial charge in [0.1, 0.15) is 5.82 Å². The molecule has 0 spiro atoms. The second-order valence-corrected chi connectivity index (χ2v) is 7.03. The highest BCUT2D eigenvalue weighted by Crippen LogP contribution is 2.46. The normalized spacial score (nSPS) is 14.8. The fraction of sp³-hybridized carbons (Fsp3) is 0.316. The van der Waals surface area contributed by atoms with Crippen molar-refractivity contribution < 1.29 is 30.7 Å². The number of nitrogens with one attached hydrogen (secondary N) is 1. The fourth-order valence-corrected chi connectivity index (χ4v) is 3.10. The van der Waals surface area contributed by atoms with E-state index in [0.29, 0.717) is 6.33 Å². The van der Waals surface area contributed by atoms with Crippen molar-refractivity contribution in [3.8, 4) is 22.6 Å². The lowest BCUT2D eigenvalue weighted by Crippen LogP contribution is -2.38. The predicted molar refractivity (Wildman–Crippen MR) is 96.4 cm³/mol. The van der Waals surface area contributed by atoms with Gasteiger partial charge in [-0.1, -0.05) is 0 Å². The van der Waals surface area contributed by atoms with Gasteiger partial charge in [-0.3, -0.25) is 0 Å². The monoisotopic (exact) mass is 445 g/mol. The van der Waals surface area contributed by atoms with Crippen LogP contribution in [-0.4, -0.2) is 37.9 Å². The Balaban J connectivity index is 1.91. The van der Waals surface area contributed by atoms with E-state index in [0.717, 1.165) is 25.0 Å². The lowest BCUT2D eigenvalue weighted by molar-refractivity contribution is -0.273. The third-order valence-corrected chi connectivity index (χ3v) is 4.62. The molecule has 0 aliphatic heterocycles. The number of hydrogen-bond donors (Lipinski definition) is 1. The minimum atomic E-state index is -5.64. The van der Waals surface area contributed by atoms with Crippen molar-refractivity contribution in [2.45, 2.75) is 37.3 Å². The van der Waals surface area contributed by atoms with Crippen molar-refractivity contribution in [3.63, 3.8) is 0 Å². The Kier molecular flexibility index (Phi) is 5.10. The summed E-state index contributed by atoms with van der Waals surface area (Å²) in [5, 5.41) is 2.95. The van der Waals surface area contributed by atoms with Gasteiger partial charge in [-0.2, -0.15) is 26.3 Å². The average Bonchev–Trinajstić information content (AvgIpc) is 3.37. The number of halogens is 7. The van der Waals surface area contributed by atoms with Gasteiger partial charge < -0.3 is 9.88 Å². The molecule has 0 atom stereocenters. The molecule has 0 amide bonds. The van der Waals surface area contributed by atoms with Gasteiger partial charge in [-0.25, -0.2) is 19.3 Å². The van der Waals surface area contributed by atoms with E-state index in [1.807, 2.05) is 0 Å². The zero-order valence-corrected chi connectivity index (χ0v) is 15.5. The van der Waals surface area contributed by atoms with Crippen LogP contribution in [0.15, 0.2) is 42.9 Å². The molecule has 5 nitrogen and oxygen atoms in total. The van der Waals surface area contributed by atoms with E-state index in [1.54, 1.807) is 0 Å². The molecule has 2 heterocycles. The Bertz CT molecular complexity index is 1050. The van der Waals surface area contributed by atoms with E-state index in [-0.39, 0.29) is 33.5 Å². The number of alkyl halides is 6. The van der Waals surface area contributed by atoms with Crippen LogP contribution in [-0.2, 0) is 0 Å². The Hall–Kier alpha value is -3.18. The van der Waals surface area contributed by atoms with Crippen LogP contribution in [0.2, 0.25) is 0 Å². The van der Waals surface area contributed by atoms with Gasteiger partial charge in [-0.05, 0) is 43.2 Å². The van der Waals surface area contributed by atoms with Crippen LogP contribution in [0, 0.1) is 5.82 Å². The van der Waals surface area contributed by atoms with E-state index in [1.165, 1.54) is 24.4 Å². The predicted octanol–water partition coefficient (Wildman–Crippen LogP) is 5.39. The number of imidazole rings is 1. The third-order valence-electron chi connectivity index (χ3n) is 4.62. The van der Waals surface area contributed by atoms with Crippen molar-refractivity contribution >= 4 is 5.95 Å². The minimum Gasteiger partial charge on any atom is -0.351 e. The number of nitrogens with zero attached hydrogens (tertiary/aromatic N) is 4. The van der Waals surface area contributed by atoms with E-state index in [9.17, 15) is 30.7 Å². The molecule has 3 aromatic rings. The number of rotatable bonds is 5. The molecule has 31 heavy (non-hydrogen) atoms. The third kappa shape index (κ3) is 4.47. The van der Waals surface area contributed by atoms with E-state index in [2.05, 4.69) is 20.3 Å². The number of benzene rings is 1. The Labute approximate surface area is 171 Å². The molecular formula is C19H14F7N5. The molecule has 0 saturated heterocycles. The van der Waals surface area contributed by atoms with Crippen molar-refractivity contribution in [1.29, 1.82) is 0 Å². The van der Waals surface area contributed by atoms with E-state index < -0.39 is 29.9 Å². The quantitative estimate of drug-likeness (QED) is 0.536. The molecule has 2 aromatic heterocycles. The lowest BCUT2D eigenvalue weighted by atomic mass is 10.1. The summed E-state index contributed by atoms with van der Waals surface area (Å²) in [5.74, 6) is -0.542. The number of aromatic nitrogens is 4. The zero-order chi connectivity index (χ0) is 22.4. The van der Waals surface area contributed by atoms with Crippen LogP contribution >= 0.6 is 0 Å². The van der Waals surface area contributed by atoms with Gasteiger partial charge in [0.25, 0.3) is 0 Å². The first-order chi connectivity index (χ1) is 14.5. The largest absolute Gasteiger partial charge is 0.418 e. The summed E-state index contributed by atoms with van der Waals surface area (Å²) >= 11 is 0. The summed E-state index contributed by atoms with van der Waals surface area (Å²) in [6, 6.07) is 1.95. The first-order valence-corrected chi connectivity index (χ1v) is 9.10. The van der Waals surface area contributed by atoms with Crippen LogP contribution in [0.1, 0.15) is 18.9 Å². The van der Waals surface area contributed by atoms with Crippen LogP contribution < -0.4 is 5.32 Å². The summed E-state index contributed by atoms with van der Waals surface area (Å²) in [4.78, 5) is 11.9. The topological polar surface area (TPSA) is 55.6 Å². The van der Waals surface area contributed by atoms with Gasteiger partial charge in [-0.15, -0.1) is 0 Å². The standard InChI is InChI=1S/C19H14F7N5/c20-11-3-1-10(2-4-11)14-15(13-7-8-27-17(30-13)29-12-5-6-12)31(9-28-14)16(18(21,22)23)19(24,25)26/h1-4,7-9,12,16H,5-6H2,(H,27,29,30). The molecule has 0 unspecified atom stereocenters. The van der Waals surface area contributed by atoms with Crippen molar-refractivity contribution in [2.75, 3.05) is 5.32 Å². The highest BCUT2D eigenvalue weighted by Gasteiger charge is 2.58. The Morgan fingerprint density at radius 2 is 1.58 bits per heavy atom. The van der Waals surface area contributed by atoms with Gasteiger partial charge in [0.15, 0.2) is 0 Å². The highest BCUT2D eigenvalue weighted by atomic mass is 19.4. The lowest BCUT2D eigenvalue weighted by Gasteiger charge is -2.25. The zero-order valence-electron chi connectivity index (χ0n) is 15.5. The molecule has 164 valence electrons. The van der Waals surface area contributed by atoms with Gasteiger partial charge in [0, 0.05) is 17.8 Å². The first-order valence-electron chi connectivity index (χ1n) is 9.10. The van der Waals surface area contributed by atoms with E-state index in [4.69, 9.17) is 0 Å². The molecule has 0 bridgehead atoms. The Morgan fingerprint density at radius 1 is 0.935 bits per heavy atom. The van der Waals surface area contributed by atoms with Crippen molar-refractivity contribution in [3.05, 3.63) is 48.7 Å². The van der Waals surface area contributed by atoms with E-state index >= 15 is 0 Å². The van der Waals surface area contributed by atoms with Crippen molar-refractivity contribution in [2.24, 2.45) is 0 Å². The molecule has 1 fully saturated rings. The summed E-state index contributed by atoms with van der Waals surface area (Å²) in [5.41, 5.74) is -0.760. The van der Waals surface area contributed by atoms with Crippen LogP contribution in [0.3, 0.4) is 0 Å². The molecule has 1 aliphatic carbocycles. The molecule has 12 heteroatoms. The fourth-order valence-electron chi connectivity index (χ4n) is 3.10. The minimum absolute atomic E-state index is 0.00191. The maximum absolute atomic E-state index is 13.5. The summed E-state index contributed by atoms with van der Waals surface area (Å²) in [7, 11) is 0. The summed E-state index contributed by atoms with van der Waals surface area (Å²) in [6.07, 6.45) is -7.87. The highest BCUT2D eigenvalue weighted by molar-refractivity contribution is 5.77. The summed E-state index contributed by atoms with van der Waals surface area (Å²) in [6.45, 7) is 0. The SMILES string of the molecule is Fc1ccc(-c2ncn(C(C(F)(F)F)C(F)(F)F)c2-c2ccnc(NC3CC3)n2)cc1. The van der Waals surface area contributed by atoms with Gasteiger partial charge in [0.2, 0.25) is 12.0 Å². The maximum Gasteiger partial charge on any atom is 0.418 e. The van der Waals surface area contributed by atoms with Crippen LogP contribution in [0.5, 0.6) is 0 Å².